The van der Waals surface area contributed by atoms with Gasteiger partial charge in [-0.15, -0.1) is 0 Å². The third-order valence-corrected chi connectivity index (χ3v) is 4.91. The Labute approximate surface area is 162 Å². The largest absolute Gasteiger partial charge is 0.377 e. The van der Waals surface area contributed by atoms with Gasteiger partial charge in [-0.1, -0.05) is 60.7 Å². The molecular formula is C23H30N2O2. The van der Waals surface area contributed by atoms with Gasteiger partial charge in [0.1, 0.15) is 0 Å². The number of rotatable bonds is 10. The fraction of sp³-hybridized carbons (Fsp3) is 0.435. The van der Waals surface area contributed by atoms with Gasteiger partial charge >= 0.3 is 0 Å². The van der Waals surface area contributed by atoms with Crippen LogP contribution in [0, 0.1) is 0 Å². The lowest BCUT2D eigenvalue weighted by Crippen LogP contribution is -2.40. The smallest absolute Gasteiger partial charge is 0.234 e. The van der Waals surface area contributed by atoms with Crippen molar-refractivity contribution in [1.29, 1.82) is 0 Å². The molecule has 1 saturated heterocycles. The second kappa shape index (κ2) is 10.9. The SMILES string of the molecule is O=C(CN(Cc1ccccc1)CC1CCCO1)NCCCc1ccccc1. The second-order valence-corrected chi connectivity index (χ2v) is 7.23. The quantitative estimate of drug-likeness (QED) is 0.655. The summed E-state index contributed by atoms with van der Waals surface area (Å²) in [6.45, 7) is 3.56. The summed E-state index contributed by atoms with van der Waals surface area (Å²) in [7, 11) is 0. The molecule has 3 rings (SSSR count). The van der Waals surface area contributed by atoms with Gasteiger partial charge in [0.05, 0.1) is 12.6 Å². The van der Waals surface area contributed by atoms with E-state index in [0.717, 1.165) is 45.4 Å². The predicted octanol–water partition coefficient (Wildman–Crippen LogP) is 3.42. The van der Waals surface area contributed by atoms with Crippen LogP contribution in [-0.2, 0) is 22.5 Å². The second-order valence-electron chi connectivity index (χ2n) is 7.23. The number of ether oxygens (including phenoxy) is 1. The maximum Gasteiger partial charge on any atom is 0.234 e. The van der Waals surface area contributed by atoms with E-state index in [1.807, 2.05) is 24.3 Å². The Morgan fingerprint density at radius 2 is 1.74 bits per heavy atom. The highest BCUT2D eigenvalue weighted by Crippen LogP contribution is 2.15. The molecule has 4 nitrogen and oxygen atoms in total. The van der Waals surface area contributed by atoms with Crippen molar-refractivity contribution < 1.29 is 9.53 Å². The molecule has 27 heavy (non-hydrogen) atoms. The van der Waals surface area contributed by atoms with Crippen LogP contribution >= 0.6 is 0 Å². The zero-order valence-corrected chi connectivity index (χ0v) is 16.0. The molecule has 0 aliphatic carbocycles. The average Bonchev–Trinajstić information content (AvgIpc) is 3.20. The van der Waals surface area contributed by atoms with Crippen LogP contribution in [0.1, 0.15) is 30.4 Å². The summed E-state index contributed by atoms with van der Waals surface area (Å²) >= 11 is 0. The topological polar surface area (TPSA) is 41.6 Å². The fourth-order valence-electron chi connectivity index (χ4n) is 3.53. The van der Waals surface area contributed by atoms with Crippen LogP contribution in [-0.4, -0.2) is 43.2 Å². The van der Waals surface area contributed by atoms with E-state index in [1.165, 1.54) is 11.1 Å². The Kier molecular flexibility index (Phi) is 7.87. The van der Waals surface area contributed by atoms with E-state index >= 15 is 0 Å². The molecule has 1 N–H and O–H groups in total. The van der Waals surface area contributed by atoms with Gasteiger partial charge in [-0.05, 0) is 36.8 Å². The number of carbonyl (C=O) groups excluding carboxylic acids is 1. The van der Waals surface area contributed by atoms with Gasteiger partial charge in [-0.25, -0.2) is 0 Å². The molecule has 0 radical (unpaired) electrons. The first kappa shape index (κ1) is 19.6. The summed E-state index contributed by atoms with van der Waals surface area (Å²) in [6, 6.07) is 20.7. The number of nitrogens with zero attached hydrogens (tertiary/aromatic N) is 1. The normalized spacial score (nSPS) is 16.6. The van der Waals surface area contributed by atoms with Crippen molar-refractivity contribution in [3.8, 4) is 0 Å². The van der Waals surface area contributed by atoms with Crippen molar-refractivity contribution in [3.05, 3.63) is 71.8 Å². The van der Waals surface area contributed by atoms with Gasteiger partial charge in [0.2, 0.25) is 5.91 Å². The molecule has 144 valence electrons. The predicted molar refractivity (Wildman–Crippen MR) is 108 cm³/mol. The van der Waals surface area contributed by atoms with Crippen molar-refractivity contribution in [2.75, 3.05) is 26.2 Å². The lowest BCUT2D eigenvalue weighted by Gasteiger charge is -2.24. The van der Waals surface area contributed by atoms with Crippen molar-refractivity contribution in [1.82, 2.24) is 10.2 Å². The molecule has 1 aliphatic rings. The Morgan fingerprint density at radius 3 is 2.41 bits per heavy atom. The number of hydrogen-bond acceptors (Lipinski definition) is 3. The molecule has 2 aromatic carbocycles. The number of nitrogens with one attached hydrogen (secondary N) is 1. The van der Waals surface area contributed by atoms with Gasteiger partial charge in [-0.3, -0.25) is 9.69 Å². The molecule has 1 fully saturated rings. The van der Waals surface area contributed by atoms with Gasteiger partial charge in [0.15, 0.2) is 0 Å². The average molecular weight is 367 g/mol. The Morgan fingerprint density at radius 1 is 1.04 bits per heavy atom. The molecule has 4 heteroatoms. The lowest BCUT2D eigenvalue weighted by molar-refractivity contribution is -0.122. The molecule has 1 aliphatic heterocycles. The highest BCUT2D eigenvalue weighted by atomic mass is 16.5. The number of benzene rings is 2. The first-order valence-electron chi connectivity index (χ1n) is 9.98. The van der Waals surface area contributed by atoms with Crippen LogP contribution in [0.2, 0.25) is 0 Å². The van der Waals surface area contributed by atoms with Gasteiger partial charge in [0, 0.05) is 26.2 Å². The van der Waals surface area contributed by atoms with E-state index in [9.17, 15) is 4.79 Å². The van der Waals surface area contributed by atoms with Gasteiger partial charge < -0.3 is 10.1 Å². The van der Waals surface area contributed by atoms with Crippen molar-refractivity contribution in [3.63, 3.8) is 0 Å². The molecule has 0 aromatic heterocycles. The molecule has 1 heterocycles. The van der Waals surface area contributed by atoms with Crippen LogP contribution in [0.15, 0.2) is 60.7 Å². The Hall–Kier alpha value is -2.17. The minimum absolute atomic E-state index is 0.0944. The zero-order valence-electron chi connectivity index (χ0n) is 16.0. The number of amides is 1. The number of aryl methyl sites for hydroxylation is 1. The first-order valence-corrected chi connectivity index (χ1v) is 9.98. The van der Waals surface area contributed by atoms with E-state index in [1.54, 1.807) is 0 Å². The van der Waals surface area contributed by atoms with Gasteiger partial charge in [0.25, 0.3) is 0 Å². The summed E-state index contributed by atoms with van der Waals surface area (Å²) in [5.74, 6) is 0.0944. The summed E-state index contributed by atoms with van der Waals surface area (Å²) in [6.07, 6.45) is 4.41. The van der Waals surface area contributed by atoms with Gasteiger partial charge in [-0.2, -0.15) is 0 Å². The lowest BCUT2D eigenvalue weighted by atomic mass is 10.1. The monoisotopic (exact) mass is 366 g/mol. The van der Waals surface area contributed by atoms with E-state index < -0.39 is 0 Å². The van der Waals surface area contributed by atoms with E-state index in [2.05, 4.69) is 46.6 Å². The van der Waals surface area contributed by atoms with Crippen molar-refractivity contribution >= 4 is 5.91 Å². The summed E-state index contributed by atoms with van der Waals surface area (Å²) in [5, 5.41) is 3.07. The molecule has 1 unspecified atom stereocenters. The minimum atomic E-state index is 0.0944. The molecule has 0 bridgehead atoms. The molecule has 1 amide bonds. The Balaban J connectivity index is 1.44. The number of hydrogen-bond donors (Lipinski definition) is 1. The third kappa shape index (κ3) is 7.16. The zero-order chi connectivity index (χ0) is 18.7. The van der Waals surface area contributed by atoms with Crippen LogP contribution in [0.4, 0.5) is 0 Å². The molecular weight excluding hydrogens is 336 g/mol. The maximum atomic E-state index is 12.4. The standard InChI is InChI=1S/C23H30N2O2/c26-23(24-15-7-13-20-9-3-1-4-10-20)19-25(18-22-14-8-16-27-22)17-21-11-5-2-6-12-21/h1-6,9-12,22H,7-8,13-19H2,(H,24,26). The fourth-order valence-corrected chi connectivity index (χ4v) is 3.53. The number of carbonyl (C=O) groups is 1. The first-order chi connectivity index (χ1) is 13.3. The summed E-state index contributed by atoms with van der Waals surface area (Å²) in [4.78, 5) is 14.6. The molecule has 0 spiro atoms. The molecule has 0 saturated carbocycles. The Bertz CT molecular complexity index is 669. The van der Waals surface area contributed by atoms with Crippen molar-refractivity contribution in [2.45, 2.75) is 38.3 Å². The molecule has 1 atom stereocenters. The van der Waals surface area contributed by atoms with E-state index in [4.69, 9.17) is 4.74 Å². The van der Waals surface area contributed by atoms with Crippen LogP contribution in [0.25, 0.3) is 0 Å². The molecule has 2 aromatic rings. The van der Waals surface area contributed by atoms with Crippen molar-refractivity contribution in [2.24, 2.45) is 0 Å². The highest BCUT2D eigenvalue weighted by Gasteiger charge is 2.21. The summed E-state index contributed by atoms with van der Waals surface area (Å²) < 4.78 is 5.78. The van der Waals surface area contributed by atoms with E-state index in [-0.39, 0.29) is 12.0 Å². The minimum Gasteiger partial charge on any atom is -0.377 e. The summed E-state index contributed by atoms with van der Waals surface area (Å²) in [5.41, 5.74) is 2.54. The van der Waals surface area contributed by atoms with Crippen LogP contribution in [0.3, 0.4) is 0 Å². The van der Waals surface area contributed by atoms with Crippen LogP contribution < -0.4 is 5.32 Å². The highest BCUT2D eigenvalue weighted by molar-refractivity contribution is 5.78. The third-order valence-electron chi connectivity index (χ3n) is 4.91. The van der Waals surface area contributed by atoms with E-state index in [0.29, 0.717) is 13.1 Å². The van der Waals surface area contributed by atoms with Crippen LogP contribution in [0.5, 0.6) is 0 Å². The maximum absolute atomic E-state index is 12.4.